The predicted octanol–water partition coefficient (Wildman–Crippen LogP) is 2.91. The Hall–Kier alpha value is -1.61. The fourth-order valence-corrected chi connectivity index (χ4v) is 1.73. The van der Waals surface area contributed by atoms with Crippen LogP contribution in [-0.2, 0) is 4.79 Å². The lowest BCUT2D eigenvalue weighted by Gasteiger charge is -2.13. The van der Waals surface area contributed by atoms with Gasteiger partial charge in [0.05, 0.1) is 0 Å². The SMILES string of the molecule is C=CCNCCC(=O)Nc1ccccc1C(C)C. The number of amides is 1. The molecular formula is C15H22N2O. The molecule has 0 aliphatic carbocycles. The van der Waals surface area contributed by atoms with Crippen molar-refractivity contribution in [3.05, 3.63) is 42.5 Å². The molecule has 1 amide bonds. The van der Waals surface area contributed by atoms with Crippen LogP contribution in [0.25, 0.3) is 0 Å². The number of anilines is 1. The molecule has 0 atom stereocenters. The summed E-state index contributed by atoms with van der Waals surface area (Å²) in [5.74, 6) is 0.444. The van der Waals surface area contributed by atoms with Crippen molar-refractivity contribution >= 4 is 11.6 Å². The van der Waals surface area contributed by atoms with E-state index in [1.54, 1.807) is 6.08 Å². The second-order valence-corrected chi connectivity index (χ2v) is 4.53. The zero-order valence-corrected chi connectivity index (χ0v) is 11.2. The van der Waals surface area contributed by atoms with Crippen molar-refractivity contribution in [2.75, 3.05) is 18.4 Å². The van der Waals surface area contributed by atoms with Crippen molar-refractivity contribution < 1.29 is 4.79 Å². The molecule has 0 fully saturated rings. The molecule has 98 valence electrons. The normalized spacial score (nSPS) is 10.4. The van der Waals surface area contributed by atoms with Crippen LogP contribution in [0.5, 0.6) is 0 Å². The summed E-state index contributed by atoms with van der Waals surface area (Å²) in [4.78, 5) is 11.8. The Morgan fingerprint density at radius 1 is 1.39 bits per heavy atom. The maximum absolute atomic E-state index is 11.8. The summed E-state index contributed by atoms with van der Waals surface area (Å²) in [6.07, 6.45) is 2.26. The first-order valence-corrected chi connectivity index (χ1v) is 6.35. The first-order valence-electron chi connectivity index (χ1n) is 6.35. The Morgan fingerprint density at radius 3 is 2.78 bits per heavy atom. The molecule has 1 aromatic carbocycles. The smallest absolute Gasteiger partial charge is 0.225 e. The van der Waals surface area contributed by atoms with E-state index >= 15 is 0 Å². The van der Waals surface area contributed by atoms with E-state index in [0.29, 0.717) is 18.9 Å². The maximum atomic E-state index is 11.8. The van der Waals surface area contributed by atoms with Crippen LogP contribution < -0.4 is 10.6 Å². The number of rotatable bonds is 7. The molecule has 0 saturated heterocycles. The second kappa shape index (κ2) is 7.67. The Labute approximate surface area is 109 Å². The Kier molecular flexibility index (Phi) is 6.15. The second-order valence-electron chi connectivity index (χ2n) is 4.53. The first kappa shape index (κ1) is 14.5. The lowest BCUT2D eigenvalue weighted by atomic mass is 10.0. The number of carbonyl (C=O) groups excluding carboxylic acids is 1. The Morgan fingerprint density at radius 2 is 2.11 bits per heavy atom. The third-order valence-electron chi connectivity index (χ3n) is 2.67. The molecule has 1 rings (SSSR count). The number of para-hydroxylation sites is 1. The van der Waals surface area contributed by atoms with Crippen molar-refractivity contribution in [3.8, 4) is 0 Å². The van der Waals surface area contributed by atoms with Gasteiger partial charge in [0.15, 0.2) is 0 Å². The van der Waals surface area contributed by atoms with Crippen LogP contribution in [-0.4, -0.2) is 19.0 Å². The van der Waals surface area contributed by atoms with E-state index in [1.807, 2.05) is 18.2 Å². The fraction of sp³-hybridized carbons (Fsp3) is 0.400. The summed E-state index contributed by atoms with van der Waals surface area (Å²) < 4.78 is 0. The van der Waals surface area contributed by atoms with Crippen molar-refractivity contribution in [3.63, 3.8) is 0 Å². The molecule has 3 heteroatoms. The zero-order valence-electron chi connectivity index (χ0n) is 11.2. The molecule has 0 aliphatic heterocycles. The van der Waals surface area contributed by atoms with Gasteiger partial charge in [0.25, 0.3) is 0 Å². The molecule has 0 bridgehead atoms. The predicted molar refractivity (Wildman–Crippen MR) is 76.8 cm³/mol. The van der Waals surface area contributed by atoms with Crippen LogP contribution in [0.3, 0.4) is 0 Å². The molecule has 3 nitrogen and oxygen atoms in total. The zero-order chi connectivity index (χ0) is 13.4. The summed E-state index contributed by atoms with van der Waals surface area (Å²) in [6.45, 7) is 9.26. The van der Waals surface area contributed by atoms with Gasteiger partial charge < -0.3 is 10.6 Å². The summed E-state index contributed by atoms with van der Waals surface area (Å²) >= 11 is 0. The number of hydrogen-bond donors (Lipinski definition) is 2. The van der Waals surface area contributed by atoms with Crippen molar-refractivity contribution in [1.82, 2.24) is 5.32 Å². The minimum atomic E-state index is 0.0414. The molecular weight excluding hydrogens is 224 g/mol. The molecule has 0 aromatic heterocycles. The number of benzene rings is 1. The molecule has 0 radical (unpaired) electrons. The van der Waals surface area contributed by atoms with E-state index in [0.717, 1.165) is 12.2 Å². The molecule has 0 spiro atoms. The van der Waals surface area contributed by atoms with E-state index in [1.165, 1.54) is 5.56 Å². The van der Waals surface area contributed by atoms with Gasteiger partial charge in [-0.1, -0.05) is 38.1 Å². The van der Waals surface area contributed by atoms with E-state index in [9.17, 15) is 4.79 Å². The van der Waals surface area contributed by atoms with Gasteiger partial charge >= 0.3 is 0 Å². The van der Waals surface area contributed by atoms with Crippen LogP contribution in [0.2, 0.25) is 0 Å². The van der Waals surface area contributed by atoms with Crippen molar-refractivity contribution in [2.24, 2.45) is 0 Å². The summed E-state index contributed by atoms with van der Waals surface area (Å²) in [5, 5.41) is 6.07. The standard InChI is InChI=1S/C15H22N2O/c1-4-10-16-11-9-15(18)17-14-8-6-5-7-13(14)12(2)3/h4-8,12,16H,1,9-11H2,2-3H3,(H,17,18). The van der Waals surface area contributed by atoms with Crippen LogP contribution in [0, 0.1) is 0 Å². The molecule has 2 N–H and O–H groups in total. The lowest BCUT2D eigenvalue weighted by molar-refractivity contribution is -0.116. The van der Waals surface area contributed by atoms with E-state index in [4.69, 9.17) is 0 Å². The summed E-state index contributed by atoms with van der Waals surface area (Å²) in [7, 11) is 0. The van der Waals surface area contributed by atoms with Crippen molar-refractivity contribution in [2.45, 2.75) is 26.2 Å². The number of hydrogen-bond acceptors (Lipinski definition) is 2. The molecule has 0 unspecified atom stereocenters. The van der Waals surface area contributed by atoms with Gasteiger partial charge in [0, 0.05) is 25.2 Å². The average molecular weight is 246 g/mol. The minimum absolute atomic E-state index is 0.0414. The third-order valence-corrected chi connectivity index (χ3v) is 2.67. The van der Waals surface area contributed by atoms with Gasteiger partial charge in [-0.15, -0.1) is 6.58 Å². The van der Waals surface area contributed by atoms with Gasteiger partial charge in [-0.3, -0.25) is 4.79 Å². The molecule has 0 aliphatic rings. The van der Waals surface area contributed by atoms with Crippen LogP contribution >= 0.6 is 0 Å². The summed E-state index contributed by atoms with van der Waals surface area (Å²) in [6, 6.07) is 7.94. The molecule has 18 heavy (non-hydrogen) atoms. The summed E-state index contributed by atoms with van der Waals surface area (Å²) in [5.41, 5.74) is 2.09. The van der Waals surface area contributed by atoms with E-state index in [2.05, 4.69) is 37.1 Å². The van der Waals surface area contributed by atoms with Gasteiger partial charge in [0.2, 0.25) is 5.91 Å². The van der Waals surface area contributed by atoms with Gasteiger partial charge in [0.1, 0.15) is 0 Å². The van der Waals surface area contributed by atoms with Crippen molar-refractivity contribution in [1.29, 1.82) is 0 Å². The Bertz CT molecular complexity index is 399. The number of nitrogens with one attached hydrogen (secondary N) is 2. The highest BCUT2D eigenvalue weighted by Gasteiger charge is 2.08. The van der Waals surface area contributed by atoms with Gasteiger partial charge in [-0.25, -0.2) is 0 Å². The highest BCUT2D eigenvalue weighted by Crippen LogP contribution is 2.23. The molecule has 0 saturated carbocycles. The van der Waals surface area contributed by atoms with Crippen LogP contribution in [0.15, 0.2) is 36.9 Å². The first-order chi connectivity index (χ1) is 8.65. The molecule has 0 heterocycles. The van der Waals surface area contributed by atoms with Crippen LogP contribution in [0.4, 0.5) is 5.69 Å². The highest BCUT2D eigenvalue weighted by atomic mass is 16.1. The number of carbonyl (C=O) groups is 1. The average Bonchev–Trinajstić information content (AvgIpc) is 2.35. The van der Waals surface area contributed by atoms with Gasteiger partial charge in [-0.05, 0) is 17.5 Å². The molecule has 1 aromatic rings. The minimum Gasteiger partial charge on any atom is -0.326 e. The topological polar surface area (TPSA) is 41.1 Å². The lowest BCUT2D eigenvalue weighted by Crippen LogP contribution is -2.22. The van der Waals surface area contributed by atoms with Crippen LogP contribution in [0.1, 0.15) is 31.7 Å². The van der Waals surface area contributed by atoms with Gasteiger partial charge in [-0.2, -0.15) is 0 Å². The highest BCUT2D eigenvalue weighted by molar-refractivity contribution is 5.91. The Balaban J connectivity index is 2.51. The van der Waals surface area contributed by atoms with E-state index < -0.39 is 0 Å². The third kappa shape index (κ3) is 4.72. The quantitative estimate of drug-likeness (QED) is 0.573. The fourth-order valence-electron chi connectivity index (χ4n) is 1.73. The largest absolute Gasteiger partial charge is 0.326 e. The monoisotopic (exact) mass is 246 g/mol. The van der Waals surface area contributed by atoms with E-state index in [-0.39, 0.29) is 5.91 Å². The maximum Gasteiger partial charge on any atom is 0.225 e.